The zero-order chi connectivity index (χ0) is 23.2. The SMILES string of the molecule is O=C1C(c2c[nH]c3ccccc23)=C(c2c[nH]c3ccccc23)C(=O)N1/N=C/c1ccc(Cl)cc1. The van der Waals surface area contributed by atoms with Crippen molar-refractivity contribution < 1.29 is 9.59 Å². The number of nitrogens with zero attached hydrogens (tertiary/aromatic N) is 2. The minimum atomic E-state index is -0.472. The summed E-state index contributed by atoms with van der Waals surface area (Å²) in [5, 5.41) is 7.52. The summed E-state index contributed by atoms with van der Waals surface area (Å²) in [6.07, 6.45) is 5.02. The molecule has 1 aliphatic rings. The molecule has 1 aliphatic heterocycles. The maximum atomic E-state index is 13.7. The number of aromatic amines is 2. The van der Waals surface area contributed by atoms with Crippen LogP contribution in [0.25, 0.3) is 33.0 Å². The number of amides is 2. The molecule has 0 bridgehead atoms. The third-order valence-electron chi connectivity index (χ3n) is 5.97. The van der Waals surface area contributed by atoms with E-state index in [0.717, 1.165) is 32.4 Å². The summed E-state index contributed by atoms with van der Waals surface area (Å²) < 4.78 is 0. The average molecular weight is 465 g/mol. The van der Waals surface area contributed by atoms with Crippen molar-refractivity contribution in [1.29, 1.82) is 0 Å². The first-order chi connectivity index (χ1) is 16.6. The van der Waals surface area contributed by atoms with Crippen LogP contribution in [0.5, 0.6) is 0 Å². The molecule has 0 saturated heterocycles. The Morgan fingerprint density at radius 3 is 1.74 bits per heavy atom. The highest BCUT2D eigenvalue weighted by Crippen LogP contribution is 2.40. The van der Waals surface area contributed by atoms with Gasteiger partial charge in [0.15, 0.2) is 0 Å². The predicted octanol–water partition coefficient (Wildman–Crippen LogP) is 5.62. The van der Waals surface area contributed by atoms with Crippen molar-refractivity contribution in [1.82, 2.24) is 15.0 Å². The van der Waals surface area contributed by atoms with Crippen molar-refractivity contribution in [2.24, 2.45) is 5.10 Å². The van der Waals surface area contributed by atoms with Gasteiger partial charge in [-0.25, -0.2) is 0 Å². The molecule has 0 spiro atoms. The topological polar surface area (TPSA) is 81.3 Å². The minimum Gasteiger partial charge on any atom is -0.361 e. The number of hydrogen-bond acceptors (Lipinski definition) is 3. The smallest absolute Gasteiger partial charge is 0.283 e. The van der Waals surface area contributed by atoms with E-state index in [4.69, 9.17) is 11.6 Å². The zero-order valence-electron chi connectivity index (χ0n) is 17.7. The lowest BCUT2D eigenvalue weighted by Crippen LogP contribution is -2.26. The van der Waals surface area contributed by atoms with Crippen LogP contribution in [-0.4, -0.2) is 33.0 Å². The van der Waals surface area contributed by atoms with Crippen molar-refractivity contribution in [3.8, 4) is 0 Å². The molecule has 2 N–H and O–H groups in total. The highest BCUT2D eigenvalue weighted by atomic mass is 35.5. The summed E-state index contributed by atoms with van der Waals surface area (Å²) in [6.45, 7) is 0. The first-order valence-electron chi connectivity index (χ1n) is 10.7. The number of H-pyrrole nitrogens is 2. The summed E-state index contributed by atoms with van der Waals surface area (Å²) in [7, 11) is 0. The summed E-state index contributed by atoms with van der Waals surface area (Å²) >= 11 is 5.96. The highest BCUT2D eigenvalue weighted by molar-refractivity contribution is 6.50. The fourth-order valence-electron chi connectivity index (χ4n) is 4.35. The second kappa shape index (κ2) is 7.86. The fraction of sp³-hybridized carbons (Fsp3) is 0. The Morgan fingerprint density at radius 2 is 1.21 bits per heavy atom. The van der Waals surface area contributed by atoms with Crippen LogP contribution < -0.4 is 0 Å². The molecule has 5 aromatic rings. The van der Waals surface area contributed by atoms with Crippen molar-refractivity contribution in [2.45, 2.75) is 0 Å². The lowest BCUT2D eigenvalue weighted by atomic mass is 9.95. The molecule has 3 aromatic carbocycles. The molecule has 7 heteroatoms. The third-order valence-corrected chi connectivity index (χ3v) is 6.22. The number of imide groups is 1. The van der Waals surface area contributed by atoms with Gasteiger partial charge < -0.3 is 9.97 Å². The number of fused-ring (bicyclic) bond motifs is 2. The van der Waals surface area contributed by atoms with Crippen LogP contribution in [-0.2, 0) is 9.59 Å². The molecule has 0 fully saturated rings. The normalized spacial score (nSPS) is 14.4. The number of aromatic nitrogens is 2. The van der Waals surface area contributed by atoms with Gasteiger partial charge in [-0.15, -0.1) is 0 Å². The van der Waals surface area contributed by atoms with Gasteiger partial charge in [-0.2, -0.15) is 10.1 Å². The van der Waals surface area contributed by atoms with Gasteiger partial charge in [-0.05, 0) is 29.8 Å². The van der Waals surface area contributed by atoms with E-state index in [9.17, 15) is 9.59 Å². The van der Waals surface area contributed by atoms with Gasteiger partial charge in [0, 0.05) is 50.3 Å². The molecular formula is C27H17ClN4O2. The molecule has 0 saturated carbocycles. The van der Waals surface area contributed by atoms with Crippen molar-refractivity contribution in [3.05, 3.63) is 107 Å². The largest absolute Gasteiger partial charge is 0.361 e. The van der Waals surface area contributed by atoms with Gasteiger partial charge in [0.25, 0.3) is 11.8 Å². The van der Waals surface area contributed by atoms with Gasteiger partial charge in [-0.3, -0.25) is 9.59 Å². The predicted molar refractivity (Wildman–Crippen MR) is 134 cm³/mol. The Kier molecular flexibility index (Phi) is 4.67. The number of para-hydroxylation sites is 2. The number of halogens is 1. The molecule has 0 radical (unpaired) electrons. The third kappa shape index (κ3) is 3.16. The lowest BCUT2D eigenvalue weighted by Gasteiger charge is -2.07. The highest BCUT2D eigenvalue weighted by Gasteiger charge is 2.41. The number of benzene rings is 3. The molecule has 0 aliphatic carbocycles. The number of carbonyl (C=O) groups excluding carboxylic acids is 2. The Bertz CT molecular complexity index is 1560. The maximum Gasteiger partial charge on any atom is 0.283 e. The van der Waals surface area contributed by atoms with E-state index in [0.29, 0.717) is 27.3 Å². The van der Waals surface area contributed by atoms with Crippen molar-refractivity contribution >= 4 is 62.6 Å². The standard InChI is InChI=1S/C27H17ClN4O2/c28-17-11-9-16(10-12-17)13-31-32-26(33)24(20-14-29-22-7-3-1-5-18(20)22)25(27(32)34)21-15-30-23-8-4-2-6-19(21)23/h1-15,29-30H/b31-13+. The Morgan fingerprint density at radius 1 is 0.706 bits per heavy atom. The van der Waals surface area contributed by atoms with Gasteiger partial charge in [0.05, 0.1) is 17.4 Å². The minimum absolute atomic E-state index is 0.320. The number of nitrogens with one attached hydrogen (secondary N) is 2. The van der Waals surface area contributed by atoms with Crippen LogP contribution >= 0.6 is 11.6 Å². The summed E-state index contributed by atoms with van der Waals surface area (Å²) in [6, 6.07) is 22.4. The first-order valence-corrected chi connectivity index (χ1v) is 11.1. The average Bonchev–Trinajstić information content (AvgIpc) is 3.53. The molecule has 34 heavy (non-hydrogen) atoms. The molecule has 6 rings (SSSR count). The lowest BCUT2D eigenvalue weighted by molar-refractivity contribution is -0.135. The molecule has 0 unspecified atom stereocenters. The fourth-order valence-corrected chi connectivity index (χ4v) is 4.48. The van der Waals surface area contributed by atoms with E-state index in [1.165, 1.54) is 6.21 Å². The van der Waals surface area contributed by atoms with Crippen LogP contribution in [0.15, 0.2) is 90.3 Å². The quantitative estimate of drug-likeness (QED) is 0.267. The molecule has 0 atom stereocenters. The van der Waals surface area contributed by atoms with Gasteiger partial charge in [0.2, 0.25) is 0 Å². The first kappa shape index (κ1) is 20.2. The van der Waals surface area contributed by atoms with E-state index < -0.39 is 11.8 Å². The van der Waals surface area contributed by atoms with Crippen molar-refractivity contribution in [3.63, 3.8) is 0 Å². The number of carbonyl (C=O) groups is 2. The van der Waals surface area contributed by atoms with Crippen LogP contribution in [0.1, 0.15) is 16.7 Å². The molecule has 2 aromatic heterocycles. The molecular weight excluding hydrogens is 448 g/mol. The van der Waals surface area contributed by atoms with Crippen LogP contribution in [0, 0.1) is 0 Å². The summed E-state index contributed by atoms with van der Waals surface area (Å²) in [5.74, 6) is -0.944. The van der Waals surface area contributed by atoms with Crippen LogP contribution in [0.2, 0.25) is 5.02 Å². The van der Waals surface area contributed by atoms with Gasteiger partial charge in [0.1, 0.15) is 0 Å². The van der Waals surface area contributed by atoms with Crippen LogP contribution in [0.4, 0.5) is 0 Å². The molecule has 2 amide bonds. The Hall–Kier alpha value is -4.42. The monoisotopic (exact) mass is 464 g/mol. The van der Waals surface area contributed by atoms with Gasteiger partial charge in [-0.1, -0.05) is 60.1 Å². The van der Waals surface area contributed by atoms with Crippen LogP contribution in [0.3, 0.4) is 0 Å². The summed E-state index contributed by atoms with van der Waals surface area (Å²) in [5.41, 5.74) is 4.45. The van der Waals surface area contributed by atoms with Crippen molar-refractivity contribution in [2.75, 3.05) is 0 Å². The molecule has 164 valence electrons. The van der Waals surface area contributed by atoms with E-state index >= 15 is 0 Å². The number of hydrogen-bond donors (Lipinski definition) is 2. The van der Waals surface area contributed by atoms with E-state index in [1.807, 2.05) is 48.5 Å². The molecule has 3 heterocycles. The number of hydrazone groups is 1. The van der Waals surface area contributed by atoms with E-state index in [2.05, 4.69) is 15.1 Å². The number of rotatable bonds is 4. The second-order valence-electron chi connectivity index (χ2n) is 7.96. The Balaban J connectivity index is 1.53. The summed E-state index contributed by atoms with van der Waals surface area (Å²) in [4.78, 5) is 33.7. The van der Waals surface area contributed by atoms with Gasteiger partial charge >= 0.3 is 0 Å². The molecule has 6 nitrogen and oxygen atoms in total. The Labute approximate surface area is 199 Å². The zero-order valence-corrected chi connectivity index (χ0v) is 18.5. The second-order valence-corrected chi connectivity index (χ2v) is 8.40. The van der Waals surface area contributed by atoms with E-state index in [-0.39, 0.29) is 0 Å². The maximum absolute atomic E-state index is 13.7. The van der Waals surface area contributed by atoms with E-state index in [1.54, 1.807) is 36.7 Å².